The zero-order valence-corrected chi connectivity index (χ0v) is 14.2. The molecule has 0 radical (unpaired) electrons. The van der Waals surface area contributed by atoms with Gasteiger partial charge >= 0.3 is 5.97 Å². The Labute approximate surface area is 124 Å². The van der Waals surface area contributed by atoms with Crippen LogP contribution in [0.2, 0.25) is 0 Å². The average Bonchev–Trinajstić information content (AvgIpc) is 2.46. The van der Waals surface area contributed by atoms with Gasteiger partial charge in [0, 0.05) is 26.2 Å². The molecule has 0 unspecified atom stereocenters. The molecule has 1 aliphatic rings. The van der Waals surface area contributed by atoms with Crippen LogP contribution in [-0.2, 0) is 9.53 Å². The van der Waals surface area contributed by atoms with E-state index >= 15 is 0 Å². The van der Waals surface area contributed by atoms with Crippen LogP contribution in [0.3, 0.4) is 0 Å². The van der Waals surface area contributed by atoms with Gasteiger partial charge in [0.1, 0.15) is 6.73 Å². The first-order valence-corrected chi connectivity index (χ1v) is 7.68. The fraction of sp³-hybridized carbons (Fsp3) is 0.933. The maximum atomic E-state index is 11.9. The highest BCUT2D eigenvalue weighted by atomic mass is 16.5. The number of hydrogen-bond acceptors (Lipinski definition) is 5. The summed E-state index contributed by atoms with van der Waals surface area (Å²) in [5.41, 5.74) is -0.403. The van der Waals surface area contributed by atoms with E-state index in [-0.39, 0.29) is 12.7 Å². The van der Waals surface area contributed by atoms with Gasteiger partial charge in [-0.05, 0) is 40.9 Å². The number of hydrogen-bond donors (Lipinski definition) is 1. The zero-order chi connectivity index (χ0) is 15.6. The van der Waals surface area contributed by atoms with E-state index in [1.54, 1.807) is 7.05 Å². The zero-order valence-electron chi connectivity index (χ0n) is 14.2. The second-order valence-electron chi connectivity index (χ2n) is 5.71. The molecule has 0 spiro atoms. The van der Waals surface area contributed by atoms with Gasteiger partial charge in [0.05, 0.1) is 5.41 Å². The Morgan fingerprint density at radius 3 is 2.25 bits per heavy atom. The molecule has 1 rings (SSSR count). The summed E-state index contributed by atoms with van der Waals surface area (Å²) in [6.07, 6.45) is 0.846. The number of esters is 1. The molecule has 0 amide bonds. The second-order valence-corrected chi connectivity index (χ2v) is 5.71. The molecule has 0 aromatic carbocycles. The molecule has 5 heteroatoms. The smallest absolute Gasteiger partial charge is 0.312 e. The highest BCUT2D eigenvalue weighted by Crippen LogP contribution is 2.22. The Balaban J connectivity index is 0.00000172. The summed E-state index contributed by atoms with van der Waals surface area (Å²) in [4.78, 5) is 16.6. The predicted molar refractivity (Wildman–Crippen MR) is 83.7 cm³/mol. The van der Waals surface area contributed by atoms with Crippen molar-refractivity contribution in [2.24, 2.45) is 5.41 Å². The van der Waals surface area contributed by atoms with Crippen molar-refractivity contribution in [2.75, 3.05) is 53.5 Å². The minimum Gasteiger partial charge on any atom is -0.449 e. The largest absolute Gasteiger partial charge is 0.449 e. The maximum absolute atomic E-state index is 11.9. The quantitative estimate of drug-likeness (QED) is 0.591. The van der Waals surface area contributed by atoms with E-state index in [1.165, 1.54) is 0 Å². The monoisotopic (exact) mass is 287 g/mol. The Hall–Kier alpha value is -0.650. The highest BCUT2D eigenvalue weighted by Gasteiger charge is 2.30. The standard InChI is InChI=1S/C13H27N3O2.C2H6/c1-13(2,12(17)18-11-14-3)5-6-16-9-7-15(4)8-10-16;1-2/h14H,5-11H2,1-4H3;1-2H3. The van der Waals surface area contributed by atoms with E-state index < -0.39 is 5.41 Å². The topological polar surface area (TPSA) is 44.8 Å². The van der Waals surface area contributed by atoms with Crippen LogP contribution in [0.25, 0.3) is 0 Å². The number of likely N-dealkylation sites (N-methyl/N-ethyl adjacent to an activating group) is 1. The van der Waals surface area contributed by atoms with Gasteiger partial charge in [-0.1, -0.05) is 13.8 Å². The third-order valence-electron chi connectivity index (χ3n) is 3.55. The molecule has 0 atom stereocenters. The van der Waals surface area contributed by atoms with Crippen LogP contribution >= 0.6 is 0 Å². The van der Waals surface area contributed by atoms with Gasteiger partial charge in [0.2, 0.25) is 0 Å². The number of ether oxygens (including phenoxy) is 1. The van der Waals surface area contributed by atoms with Crippen molar-refractivity contribution in [1.29, 1.82) is 0 Å². The van der Waals surface area contributed by atoms with E-state index in [2.05, 4.69) is 22.2 Å². The molecule has 0 aromatic heterocycles. The van der Waals surface area contributed by atoms with Crippen molar-refractivity contribution in [1.82, 2.24) is 15.1 Å². The fourth-order valence-electron chi connectivity index (χ4n) is 1.94. The van der Waals surface area contributed by atoms with E-state index in [0.29, 0.717) is 0 Å². The SMILES string of the molecule is CC.CNCOC(=O)C(C)(C)CCN1CCN(C)CC1. The lowest BCUT2D eigenvalue weighted by Crippen LogP contribution is -2.45. The average molecular weight is 287 g/mol. The van der Waals surface area contributed by atoms with Crippen LogP contribution in [0.15, 0.2) is 0 Å². The van der Waals surface area contributed by atoms with Crippen molar-refractivity contribution in [3.63, 3.8) is 0 Å². The number of nitrogens with one attached hydrogen (secondary N) is 1. The molecule has 0 aliphatic carbocycles. The number of carbonyl (C=O) groups excluding carboxylic acids is 1. The lowest BCUT2D eigenvalue weighted by Gasteiger charge is -2.34. The number of rotatable bonds is 6. The van der Waals surface area contributed by atoms with Gasteiger partial charge in [0.15, 0.2) is 0 Å². The summed E-state index contributed by atoms with van der Waals surface area (Å²) < 4.78 is 5.14. The number of nitrogens with zero attached hydrogens (tertiary/aromatic N) is 2. The summed E-state index contributed by atoms with van der Waals surface area (Å²) in [5, 5.41) is 2.82. The van der Waals surface area contributed by atoms with Crippen LogP contribution in [0.4, 0.5) is 0 Å². The lowest BCUT2D eigenvalue weighted by atomic mass is 9.89. The van der Waals surface area contributed by atoms with Crippen LogP contribution in [0, 0.1) is 5.41 Å². The van der Waals surface area contributed by atoms with Crippen molar-refractivity contribution in [2.45, 2.75) is 34.1 Å². The van der Waals surface area contributed by atoms with E-state index in [0.717, 1.165) is 39.1 Å². The van der Waals surface area contributed by atoms with Gasteiger partial charge in [-0.15, -0.1) is 0 Å². The van der Waals surface area contributed by atoms with Crippen molar-refractivity contribution >= 4 is 5.97 Å². The number of carbonyl (C=O) groups is 1. The summed E-state index contributed by atoms with van der Waals surface area (Å²) in [7, 11) is 3.92. The Morgan fingerprint density at radius 1 is 1.20 bits per heavy atom. The van der Waals surface area contributed by atoms with Gasteiger partial charge in [0.25, 0.3) is 0 Å². The lowest BCUT2D eigenvalue weighted by molar-refractivity contribution is -0.155. The van der Waals surface area contributed by atoms with Crippen molar-refractivity contribution in [3.8, 4) is 0 Å². The summed E-state index contributed by atoms with van der Waals surface area (Å²) in [5.74, 6) is -0.119. The molecular weight excluding hydrogens is 254 g/mol. The summed E-state index contributed by atoms with van der Waals surface area (Å²) in [6.45, 7) is 13.6. The second kappa shape index (κ2) is 10.1. The molecule has 1 N–H and O–H groups in total. The Bertz CT molecular complexity index is 262. The molecule has 1 aliphatic heterocycles. The van der Waals surface area contributed by atoms with Crippen molar-refractivity contribution in [3.05, 3.63) is 0 Å². The molecule has 1 fully saturated rings. The fourth-order valence-corrected chi connectivity index (χ4v) is 1.94. The first kappa shape index (κ1) is 19.4. The minimum absolute atomic E-state index is 0.119. The van der Waals surface area contributed by atoms with Crippen LogP contribution < -0.4 is 5.32 Å². The van der Waals surface area contributed by atoms with E-state index in [9.17, 15) is 4.79 Å². The van der Waals surface area contributed by atoms with E-state index in [4.69, 9.17) is 4.74 Å². The summed E-state index contributed by atoms with van der Waals surface area (Å²) >= 11 is 0. The minimum atomic E-state index is -0.403. The molecule has 1 saturated heterocycles. The van der Waals surface area contributed by atoms with Crippen LogP contribution in [0.5, 0.6) is 0 Å². The molecule has 0 bridgehead atoms. The van der Waals surface area contributed by atoms with Gasteiger partial charge in [-0.25, -0.2) is 0 Å². The van der Waals surface area contributed by atoms with Gasteiger partial charge < -0.3 is 14.5 Å². The van der Waals surface area contributed by atoms with Crippen LogP contribution in [0.1, 0.15) is 34.1 Å². The first-order chi connectivity index (χ1) is 9.45. The third-order valence-corrected chi connectivity index (χ3v) is 3.55. The molecule has 20 heavy (non-hydrogen) atoms. The van der Waals surface area contributed by atoms with Crippen LogP contribution in [-0.4, -0.2) is 69.3 Å². The molecule has 0 aromatic rings. The molecule has 5 nitrogen and oxygen atoms in total. The highest BCUT2D eigenvalue weighted by molar-refractivity contribution is 5.75. The Morgan fingerprint density at radius 2 is 1.75 bits per heavy atom. The predicted octanol–water partition coefficient (Wildman–Crippen LogP) is 1.40. The Kier molecular flexibility index (Phi) is 9.80. The first-order valence-electron chi connectivity index (χ1n) is 7.68. The molecule has 120 valence electrons. The molecular formula is C15H33N3O2. The third kappa shape index (κ3) is 7.22. The molecule has 0 saturated carbocycles. The van der Waals surface area contributed by atoms with Gasteiger partial charge in [-0.3, -0.25) is 10.1 Å². The number of piperazine rings is 1. The molecule has 1 heterocycles. The summed E-state index contributed by atoms with van der Waals surface area (Å²) in [6, 6.07) is 0. The van der Waals surface area contributed by atoms with Gasteiger partial charge in [-0.2, -0.15) is 0 Å². The normalized spacial score (nSPS) is 17.3. The maximum Gasteiger partial charge on any atom is 0.312 e. The van der Waals surface area contributed by atoms with E-state index in [1.807, 2.05) is 27.7 Å². The van der Waals surface area contributed by atoms with Crippen molar-refractivity contribution < 1.29 is 9.53 Å².